The van der Waals surface area contributed by atoms with Gasteiger partial charge in [-0.1, -0.05) is 0 Å². The summed E-state index contributed by atoms with van der Waals surface area (Å²) in [5.74, 6) is -0.308. The molecule has 5 rings (SSSR count). The van der Waals surface area contributed by atoms with Crippen LogP contribution in [-0.2, 0) is 10.0 Å². The van der Waals surface area contributed by atoms with Crippen molar-refractivity contribution in [2.75, 3.05) is 59.4 Å². The van der Waals surface area contributed by atoms with Gasteiger partial charge in [0.2, 0.25) is 10.0 Å². The minimum absolute atomic E-state index is 0. The monoisotopic (exact) mass is 626 g/mol. The second-order valence-corrected chi connectivity index (χ2v) is 12.4. The molecule has 2 aromatic heterocycles. The van der Waals surface area contributed by atoms with Gasteiger partial charge in [0.1, 0.15) is 4.90 Å². The smallest absolute Gasteiger partial charge is 0.252 e. The van der Waals surface area contributed by atoms with Gasteiger partial charge in [0.05, 0.1) is 22.3 Å². The van der Waals surface area contributed by atoms with Crippen LogP contribution in [0.4, 0.5) is 0 Å². The molecule has 4 heterocycles. The number of halogens is 2. The Morgan fingerprint density at radius 3 is 2.50 bits per heavy atom. The predicted octanol–water partition coefficient (Wildman–Crippen LogP) is 2.88. The summed E-state index contributed by atoms with van der Waals surface area (Å²) in [6, 6.07) is 6.56. The maximum Gasteiger partial charge on any atom is 0.252 e. The third-order valence-corrected chi connectivity index (χ3v) is 9.65. The van der Waals surface area contributed by atoms with Crippen molar-refractivity contribution >= 4 is 55.2 Å². The highest BCUT2D eigenvalue weighted by molar-refractivity contribution is 9.10. The average Bonchev–Trinajstić information content (AvgIpc) is 3.50. The lowest BCUT2D eigenvalue weighted by atomic mass is 10.1. The molecule has 38 heavy (non-hydrogen) atoms. The third-order valence-electron chi connectivity index (χ3n) is 7.12. The van der Waals surface area contributed by atoms with E-state index in [-0.39, 0.29) is 29.1 Å². The second-order valence-electron chi connectivity index (χ2n) is 9.62. The van der Waals surface area contributed by atoms with Gasteiger partial charge < -0.3 is 25.2 Å². The number of carbonyl (C=O) groups excluding carboxylic acids is 1. The van der Waals surface area contributed by atoms with Crippen LogP contribution in [0.1, 0.15) is 23.2 Å². The van der Waals surface area contributed by atoms with Crippen molar-refractivity contribution in [1.29, 1.82) is 0 Å². The van der Waals surface area contributed by atoms with Gasteiger partial charge in [-0.15, -0.1) is 12.4 Å². The minimum atomic E-state index is -3.65. The molecule has 2 aliphatic heterocycles. The van der Waals surface area contributed by atoms with E-state index in [9.17, 15) is 18.3 Å². The number of hydrogen-bond donors (Lipinski definition) is 3. The van der Waals surface area contributed by atoms with Crippen molar-refractivity contribution in [2.45, 2.75) is 17.7 Å². The van der Waals surface area contributed by atoms with E-state index in [4.69, 9.17) is 0 Å². The van der Waals surface area contributed by atoms with E-state index in [1.165, 1.54) is 29.4 Å². The molecule has 0 atom stereocenters. The molecule has 2 aliphatic rings. The quantitative estimate of drug-likeness (QED) is 0.368. The fourth-order valence-electron chi connectivity index (χ4n) is 4.92. The van der Waals surface area contributed by atoms with Crippen molar-refractivity contribution in [3.8, 4) is 17.1 Å². The van der Waals surface area contributed by atoms with E-state index < -0.39 is 10.0 Å². The molecule has 206 valence electrons. The number of hydrogen-bond acceptors (Lipinski definition) is 7. The minimum Gasteiger partial charge on any atom is -0.494 e. The Morgan fingerprint density at radius 2 is 1.84 bits per heavy atom. The molecule has 0 bridgehead atoms. The lowest BCUT2D eigenvalue weighted by molar-refractivity contribution is 0.0949. The zero-order valence-electron chi connectivity index (χ0n) is 21.1. The predicted molar refractivity (Wildman–Crippen MR) is 152 cm³/mol. The molecule has 2 saturated heterocycles. The number of aromatic amines is 1. The number of fused-ring (bicyclic) bond motifs is 1. The molecule has 2 fully saturated rings. The van der Waals surface area contributed by atoms with Crippen molar-refractivity contribution < 1.29 is 18.3 Å². The highest BCUT2D eigenvalue weighted by atomic mass is 79.9. The third kappa shape index (κ3) is 5.85. The lowest BCUT2D eigenvalue weighted by Gasteiger charge is -2.31. The highest BCUT2D eigenvalue weighted by Gasteiger charge is 2.28. The van der Waals surface area contributed by atoms with Crippen LogP contribution in [0, 0.1) is 0 Å². The van der Waals surface area contributed by atoms with E-state index in [0.717, 1.165) is 19.6 Å². The standard InChI is InChI=1S/C25H31BrN6O4S.ClH/c1-30-10-12-32(13-11-30)37(35,36)17-4-5-21(28-16-17)23-19-14-18(20(26)15-22(19)29-25(23)34)24(33)27-6-9-31-7-2-3-8-31;/h4-5,14-16,29,34H,2-3,6-13H2,1H3,(H,27,33);1H. The number of amides is 1. The Bertz CT molecular complexity index is 1400. The van der Waals surface area contributed by atoms with Crippen LogP contribution in [0.25, 0.3) is 22.2 Å². The summed E-state index contributed by atoms with van der Waals surface area (Å²) in [5, 5.41) is 14.3. The van der Waals surface area contributed by atoms with Crippen LogP contribution in [0.3, 0.4) is 0 Å². The summed E-state index contributed by atoms with van der Waals surface area (Å²) in [5.41, 5.74) is 1.90. The number of H-pyrrole nitrogens is 1. The molecule has 0 unspecified atom stereocenters. The second kappa shape index (κ2) is 11.9. The first-order valence-electron chi connectivity index (χ1n) is 12.4. The van der Waals surface area contributed by atoms with E-state index in [2.05, 4.69) is 41.0 Å². The first kappa shape index (κ1) is 28.8. The molecule has 10 nitrogen and oxygen atoms in total. The Hall–Kier alpha value is -2.22. The number of likely N-dealkylation sites (N-methyl/N-ethyl adjacent to an activating group) is 1. The number of aromatic hydroxyl groups is 1. The number of rotatable bonds is 7. The van der Waals surface area contributed by atoms with Crippen LogP contribution >= 0.6 is 28.3 Å². The first-order chi connectivity index (χ1) is 17.7. The summed E-state index contributed by atoms with van der Waals surface area (Å²) < 4.78 is 28.2. The Balaban J connectivity index is 0.00000336. The van der Waals surface area contributed by atoms with E-state index in [1.54, 1.807) is 18.2 Å². The molecule has 0 saturated carbocycles. The number of likely N-dealkylation sites (tertiary alicyclic amines) is 1. The molecule has 0 radical (unpaired) electrons. The number of sulfonamides is 1. The topological polar surface area (TPSA) is 122 Å². The number of piperazine rings is 1. The number of nitrogens with one attached hydrogen (secondary N) is 2. The van der Waals surface area contributed by atoms with Crippen LogP contribution in [0.2, 0.25) is 0 Å². The zero-order chi connectivity index (χ0) is 26.2. The summed E-state index contributed by atoms with van der Waals surface area (Å²) in [6.45, 7) is 5.73. The van der Waals surface area contributed by atoms with Crippen LogP contribution < -0.4 is 5.32 Å². The maximum atomic E-state index is 13.1. The normalized spacial score (nSPS) is 17.5. The van der Waals surface area contributed by atoms with Gasteiger partial charge in [0.15, 0.2) is 5.88 Å². The summed E-state index contributed by atoms with van der Waals surface area (Å²) >= 11 is 3.48. The van der Waals surface area contributed by atoms with Crippen LogP contribution in [0.5, 0.6) is 5.88 Å². The fourth-order valence-corrected chi connectivity index (χ4v) is 6.81. The molecular weight excluding hydrogens is 596 g/mol. The highest BCUT2D eigenvalue weighted by Crippen LogP contribution is 2.38. The first-order valence-corrected chi connectivity index (χ1v) is 14.7. The van der Waals surface area contributed by atoms with Crippen molar-refractivity contribution in [1.82, 2.24) is 29.4 Å². The molecule has 3 aromatic rings. The largest absolute Gasteiger partial charge is 0.494 e. The number of nitrogens with zero attached hydrogens (tertiary/aromatic N) is 4. The number of benzene rings is 1. The van der Waals surface area contributed by atoms with Gasteiger partial charge in [-0.2, -0.15) is 4.31 Å². The van der Waals surface area contributed by atoms with Gasteiger partial charge in [-0.05, 0) is 73.2 Å². The zero-order valence-corrected chi connectivity index (χ0v) is 24.3. The maximum absolute atomic E-state index is 13.1. The summed E-state index contributed by atoms with van der Waals surface area (Å²) in [7, 11) is -1.68. The Morgan fingerprint density at radius 1 is 1.13 bits per heavy atom. The van der Waals surface area contributed by atoms with Gasteiger partial charge in [0.25, 0.3) is 5.91 Å². The molecule has 1 amide bonds. The van der Waals surface area contributed by atoms with Crippen molar-refractivity contribution in [2.24, 2.45) is 0 Å². The van der Waals surface area contributed by atoms with E-state index >= 15 is 0 Å². The number of aromatic nitrogens is 2. The molecule has 1 aromatic carbocycles. The van der Waals surface area contributed by atoms with Gasteiger partial charge in [-0.3, -0.25) is 9.78 Å². The average molecular weight is 628 g/mol. The number of pyridine rings is 1. The SMILES string of the molecule is CN1CCN(S(=O)(=O)c2ccc(-c3c(O)[nH]c4cc(Br)c(C(=O)NCCN5CCCC5)cc34)nc2)CC1.Cl. The lowest BCUT2D eigenvalue weighted by Crippen LogP contribution is -2.47. The molecule has 0 spiro atoms. The number of carbonyl (C=O) groups is 1. The fraction of sp³-hybridized carbons (Fsp3) is 0.440. The van der Waals surface area contributed by atoms with Crippen molar-refractivity contribution in [3.63, 3.8) is 0 Å². The van der Waals surface area contributed by atoms with Crippen LogP contribution in [0.15, 0.2) is 39.8 Å². The van der Waals surface area contributed by atoms with Gasteiger partial charge >= 0.3 is 0 Å². The van der Waals surface area contributed by atoms with E-state index in [0.29, 0.717) is 64.9 Å². The Labute approximate surface area is 237 Å². The summed E-state index contributed by atoms with van der Waals surface area (Å²) in [4.78, 5) is 24.8. The molecule has 13 heteroatoms. The van der Waals surface area contributed by atoms with Gasteiger partial charge in [-0.25, -0.2) is 8.42 Å². The van der Waals surface area contributed by atoms with Crippen LogP contribution in [-0.4, -0.2) is 103 Å². The molecular formula is C25H32BrClN6O4S. The van der Waals surface area contributed by atoms with Crippen molar-refractivity contribution in [3.05, 3.63) is 40.5 Å². The van der Waals surface area contributed by atoms with Gasteiger partial charge in [0, 0.05) is 55.3 Å². The molecule has 0 aliphatic carbocycles. The Kier molecular flexibility index (Phi) is 9.00. The van der Waals surface area contributed by atoms with E-state index in [1.807, 2.05) is 7.05 Å². The summed E-state index contributed by atoms with van der Waals surface area (Å²) in [6.07, 6.45) is 3.73. The molecule has 3 N–H and O–H groups in total.